The predicted molar refractivity (Wildman–Crippen MR) is 75.9 cm³/mol. The van der Waals surface area contributed by atoms with Crippen molar-refractivity contribution < 1.29 is 19.5 Å². The Hall–Kier alpha value is -2.57. The smallest absolute Gasteiger partial charge is 0.319 e. The third-order valence-corrected chi connectivity index (χ3v) is 3.54. The van der Waals surface area contributed by atoms with Crippen LogP contribution in [0.25, 0.3) is 0 Å². The van der Waals surface area contributed by atoms with Crippen LogP contribution >= 0.6 is 0 Å². The van der Waals surface area contributed by atoms with Gasteiger partial charge in [0.05, 0.1) is 5.92 Å². The first kappa shape index (κ1) is 14.8. The Kier molecular flexibility index (Phi) is 4.42. The summed E-state index contributed by atoms with van der Waals surface area (Å²) < 4.78 is 0. The Morgan fingerprint density at radius 2 is 1.81 bits per heavy atom. The minimum Gasteiger partial charge on any atom is -0.481 e. The lowest BCUT2D eigenvalue weighted by Crippen LogP contribution is -2.36. The summed E-state index contributed by atoms with van der Waals surface area (Å²) in [6.45, 7) is 0. The molecule has 1 aromatic rings. The van der Waals surface area contributed by atoms with Gasteiger partial charge in [-0.1, -0.05) is 0 Å². The number of carbonyl (C=O) groups excluding carboxylic acids is 2. The van der Waals surface area contributed by atoms with Crippen LogP contribution in [-0.2, 0) is 4.79 Å². The predicted octanol–water partition coefficient (Wildman–Crippen LogP) is 1.16. The second-order valence-electron chi connectivity index (χ2n) is 5.09. The van der Waals surface area contributed by atoms with Crippen molar-refractivity contribution in [3.63, 3.8) is 0 Å². The van der Waals surface area contributed by atoms with Crippen LogP contribution in [0.5, 0.6) is 0 Å². The average molecular weight is 291 g/mol. The van der Waals surface area contributed by atoms with Gasteiger partial charge in [-0.2, -0.15) is 0 Å². The highest BCUT2D eigenvalue weighted by molar-refractivity contribution is 5.94. The number of benzene rings is 1. The second-order valence-corrected chi connectivity index (χ2v) is 5.09. The minimum atomic E-state index is -0.818. The molecule has 112 valence electrons. The van der Waals surface area contributed by atoms with E-state index >= 15 is 0 Å². The molecule has 0 bridgehead atoms. The van der Waals surface area contributed by atoms with Gasteiger partial charge in [-0.05, 0) is 43.5 Å². The highest BCUT2D eigenvalue weighted by atomic mass is 16.4. The van der Waals surface area contributed by atoms with Gasteiger partial charge in [0.2, 0.25) is 5.91 Å². The molecule has 0 radical (unpaired) electrons. The fourth-order valence-electron chi connectivity index (χ4n) is 2.41. The molecule has 7 heteroatoms. The maximum Gasteiger partial charge on any atom is 0.319 e. The molecule has 5 N–H and O–H groups in total. The Morgan fingerprint density at radius 1 is 1.14 bits per heavy atom. The Morgan fingerprint density at radius 3 is 2.33 bits per heavy atom. The van der Waals surface area contributed by atoms with E-state index in [0.29, 0.717) is 30.5 Å². The first-order valence-electron chi connectivity index (χ1n) is 6.66. The first-order valence-corrected chi connectivity index (χ1v) is 6.66. The summed E-state index contributed by atoms with van der Waals surface area (Å²) in [7, 11) is 0. The molecule has 1 fully saturated rings. The first-order chi connectivity index (χ1) is 9.95. The zero-order valence-electron chi connectivity index (χ0n) is 11.3. The van der Waals surface area contributed by atoms with Crippen LogP contribution in [0.1, 0.15) is 29.6 Å². The monoisotopic (exact) mass is 291 g/mol. The molecular weight excluding hydrogens is 274 g/mol. The molecular formula is C14H17N3O4. The maximum absolute atomic E-state index is 11.8. The molecule has 0 unspecified atom stereocenters. The van der Waals surface area contributed by atoms with Crippen molar-refractivity contribution in [1.29, 1.82) is 0 Å². The van der Waals surface area contributed by atoms with Crippen LogP contribution in [0.3, 0.4) is 0 Å². The largest absolute Gasteiger partial charge is 0.481 e. The van der Waals surface area contributed by atoms with Gasteiger partial charge in [-0.15, -0.1) is 0 Å². The van der Waals surface area contributed by atoms with E-state index in [2.05, 4.69) is 10.6 Å². The van der Waals surface area contributed by atoms with E-state index in [1.807, 2.05) is 0 Å². The SMILES string of the molecule is NC(=O)c1ccc(NC(=O)N[C@H]2CC[C@@H](C(=O)O)C2)cc1. The van der Waals surface area contributed by atoms with Crippen LogP contribution in [0.15, 0.2) is 24.3 Å². The molecule has 0 aromatic heterocycles. The van der Waals surface area contributed by atoms with Crippen molar-refractivity contribution in [1.82, 2.24) is 5.32 Å². The van der Waals surface area contributed by atoms with Crippen molar-refractivity contribution in [2.24, 2.45) is 11.7 Å². The zero-order valence-corrected chi connectivity index (χ0v) is 11.3. The number of carboxylic acids is 1. The highest BCUT2D eigenvalue weighted by Crippen LogP contribution is 2.25. The summed E-state index contributed by atoms with van der Waals surface area (Å²) in [4.78, 5) is 33.6. The van der Waals surface area contributed by atoms with Crippen LogP contribution in [0.2, 0.25) is 0 Å². The van der Waals surface area contributed by atoms with Crippen molar-refractivity contribution in [3.05, 3.63) is 29.8 Å². The summed E-state index contributed by atoms with van der Waals surface area (Å²) >= 11 is 0. The molecule has 0 saturated heterocycles. The lowest BCUT2D eigenvalue weighted by Gasteiger charge is -2.13. The molecule has 0 spiro atoms. The Labute approximate surface area is 121 Å². The Bertz CT molecular complexity index is 556. The number of nitrogens with two attached hydrogens (primary N) is 1. The fraction of sp³-hybridized carbons (Fsp3) is 0.357. The van der Waals surface area contributed by atoms with E-state index in [-0.39, 0.29) is 12.0 Å². The van der Waals surface area contributed by atoms with E-state index in [1.54, 1.807) is 12.1 Å². The van der Waals surface area contributed by atoms with E-state index in [0.717, 1.165) is 0 Å². The molecule has 1 aliphatic rings. The molecule has 1 aromatic carbocycles. The number of hydrogen-bond acceptors (Lipinski definition) is 3. The van der Waals surface area contributed by atoms with E-state index in [9.17, 15) is 14.4 Å². The molecule has 1 saturated carbocycles. The number of primary amides is 1. The lowest BCUT2D eigenvalue weighted by molar-refractivity contribution is -0.141. The lowest BCUT2D eigenvalue weighted by atomic mass is 10.1. The molecule has 1 aliphatic carbocycles. The Balaban J connectivity index is 1.85. The van der Waals surface area contributed by atoms with Gasteiger partial charge in [0.25, 0.3) is 0 Å². The normalized spacial score (nSPS) is 20.8. The van der Waals surface area contributed by atoms with Crippen LogP contribution in [-0.4, -0.2) is 29.1 Å². The van der Waals surface area contributed by atoms with Crippen molar-refractivity contribution >= 4 is 23.6 Å². The van der Waals surface area contributed by atoms with Crippen molar-refractivity contribution in [3.8, 4) is 0 Å². The number of carboxylic acid groups (broad SMARTS) is 1. The summed E-state index contributed by atoms with van der Waals surface area (Å²) in [5.74, 6) is -1.73. The standard InChI is InChI=1S/C14H17N3O4/c15-12(18)8-1-4-10(5-2-8)16-14(21)17-11-6-3-9(7-11)13(19)20/h1-2,4-5,9,11H,3,6-7H2,(H2,15,18)(H,19,20)(H2,16,17,21)/t9-,11+/m1/s1. The van der Waals surface area contributed by atoms with E-state index in [4.69, 9.17) is 10.8 Å². The van der Waals surface area contributed by atoms with Crippen molar-refractivity contribution in [2.75, 3.05) is 5.32 Å². The molecule has 2 rings (SSSR count). The van der Waals surface area contributed by atoms with Crippen molar-refractivity contribution in [2.45, 2.75) is 25.3 Å². The summed E-state index contributed by atoms with van der Waals surface area (Å²) in [6.07, 6.45) is 1.68. The van der Waals surface area contributed by atoms with Crippen LogP contribution in [0.4, 0.5) is 10.5 Å². The van der Waals surface area contributed by atoms with E-state index in [1.165, 1.54) is 12.1 Å². The zero-order chi connectivity index (χ0) is 15.4. The fourth-order valence-corrected chi connectivity index (χ4v) is 2.41. The number of nitrogens with one attached hydrogen (secondary N) is 2. The molecule has 7 nitrogen and oxygen atoms in total. The number of anilines is 1. The number of hydrogen-bond donors (Lipinski definition) is 4. The van der Waals surface area contributed by atoms with Gasteiger partial charge in [0, 0.05) is 17.3 Å². The van der Waals surface area contributed by atoms with Gasteiger partial charge < -0.3 is 21.5 Å². The summed E-state index contributed by atoms with van der Waals surface area (Å²) in [6, 6.07) is 5.68. The number of aliphatic carboxylic acids is 1. The van der Waals surface area contributed by atoms with Gasteiger partial charge >= 0.3 is 12.0 Å². The third kappa shape index (κ3) is 3.95. The number of amides is 3. The third-order valence-electron chi connectivity index (χ3n) is 3.54. The molecule has 0 heterocycles. The van der Waals surface area contributed by atoms with Gasteiger partial charge in [0.15, 0.2) is 0 Å². The van der Waals surface area contributed by atoms with Gasteiger partial charge in [0.1, 0.15) is 0 Å². The molecule has 2 atom stereocenters. The van der Waals surface area contributed by atoms with Crippen LogP contribution in [0, 0.1) is 5.92 Å². The topological polar surface area (TPSA) is 122 Å². The number of rotatable bonds is 4. The van der Waals surface area contributed by atoms with Crippen LogP contribution < -0.4 is 16.4 Å². The number of carbonyl (C=O) groups is 3. The summed E-state index contributed by atoms with van der Waals surface area (Å²) in [5.41, 5.74) is 6.02. The van der Waals surface area contributed by atoms with Gasteiger partial charge in [-0.25, -0.2) is 4.79 Å². The average Bonchev–Trinajstić information content (AvgIpc) is 2.87. The molecule has 3 amide bonds. The molecule has 0 aliphatic heterocycles. The van der Waals surface area contributed by atoms with E-state index < -0.39 is 17.9 Å². The maximum atomic E-state index is 11.8. The minimum absolute atomic E-state index is 0.129. The quantitative estimate of drug-likeness (QED) is 0.665. The summed E-state index contributed by atoms with van der Waals surface area (Å²) in [5, 5.41) is 14.3. The molecule has 21 heavy (non-hydrogen) atoms. The van der Waals surface area contributed by atoms with Gasteiger partial charge in [-0.3, -0.25) is 9.59 Å². The second kappa shape index (κ2) is 6.25. The highest BCUT2D eigenvalue weighted by Gasteiger charge is 2.30. The number of urea groups is 1.